The SMILES string of the molecule is Cc1occc1-c1nnc(NS(=O)(=O)c2cccs2)o1. The first kappa shape index (κ1) is 12.9. The second kappa shape index (κ2) is 4.76. The average molecular weight is 311 g/mol. The number of anilines is 1. The van der Waals surface area contributed by atoms with Gasteiger partial charge in [-0.25, -0.2) is 13.1 Å². The van der Waals surface area contributed by atoms with Gasteiger partial charge in [-0.2, -0.15) is 0 Å². The predicted molar refractivity (Wildman–Crippen MR) is 71.9 cm³/mol. The van der Waals surface area contributed by atoms with Crippen LogP contribution in [-0.4, -0.2) is 18.6 Å². The Morgan fingerprint density at radius 3 is 2.80 bits per heavy atom. The summed E-state index contributed by atoms with van der Waals surface area (Å²) in [4.78, 5) is 0. The van der Waals surface area contributed by atoms with Crippen molar-refractivity contribution in [1.82, 2.24) is 10.2 Å². The molecule has 0 amide bonds. The molecule has 0 atom stereocenters. The van der Waals surface area contributed by atoms with E-state index < -0.39 is 10.0 Å². The molecule has 0 radical (unpaired) electrons. The first-order chi connectivity index (χ1) is 9.56. The van der Waals surface area contributed by atoms with Gasteiger partial charge in [0.05, 0.1) is 11.8 Å². The molecule has 0 aliphatic rings. The van der Waals surface area contributed by atoms with Crippen LogP contribution in [-0.2, 0) is 10.0 Å². The molecule has 0 aromatic carbocycles. The maximum atomic E-state index is 12.0. The molecular formula is C11H9N3O4S2. The molecule has 0 aliphatic heterocycles. The second-order valence-corrected chi connectivity index (χ2v) is 6.70. The Labute approximate surface area is 118 Å². The van der Waals surface area contributed by atoms with E-state index in [1.54, 1.807) is 24.4 Å². The monoisotopic (exact) mass is 311 g/mol. The normalized spacial score (nSPS) is 11.7. The Bertz CT molecular complexity index is 818. The minimum Gasteiger partial charge on any atom is -0.469 e. The molecule has 0 unspecified atom stereocenters. The standard InChI is InChI=1S/C11H9N3O4S2/c1-7-8(4-5-17-7)10-12-13-11(18-10)14-20(15,16)9-3-2-6-19-9/h2-6H,1H3,(H,13,14). The van der Waals surface area contributed by atoms with Gasteiger partial charge in [-0.05, 0) is 24.4 Å². The van der Waals surface area contributed by atoms with Crippen molar-refractivity contribution >= 4 is 27.4 Å². The highest BCUT2D eigenvalue weighted by Crippen LogP contribution is 2.25. The summed E-state index contributed by atoms with van der Waals surface area (Å²) in [6.45, 7) is 1.75. The van der Waals surface area contributed by atoms with Crippen LogP contribution in [0.5, 0.6) is 0 Å². The fourth-order valence-electron chi connectivity index (χ4n) is 1.56. The summed E-state index contributed by atoms with van der Waals surface area (Å²) in [5.41, 5.74) is 0.624. The summed E-state index contributed by atoms with van der Waals surface area (Å²) in [6.07, 6.45) is 1.49. The van der Waals surface area contributed by atoms with Crippen molar-refractivity contribution in [2.75, 3.05) is 4.72 Å². The summed E-state index contributed by atoms with van der Waals surface area (Å²) in [5, 5.41) is 9.12. The highest BCUT2D eigenvalue weighted by atomic mass is 32.2. The highest BCUT2D eigenvalue weighted by molar-refractivity contribution is 7.94. The largest absolute Gasteiger partial charge is 0.469 e. The number of thiophene rings is 1. The van der Waals surface area contributed by atoms with E-state index in [4.69, 9.17) is 8.83 Å². The summed E-state index contributed by atoms with van der Waals surface area (Å²) >= 11 is 1.10. The molecule has 3 aromatic heterocycles. The molecule has 3 aromatic rings. The lowest BCUT2D eigenvalue weighted by Gasteiger charge is -1.99. The van der Waals surface area contributed by atoms with Gasteiger partial charge in [0, 0.05) is 0 Å². The zero-order valence-electron chi connectivity index (χ0n) is 10.2. The van der Waals surface area contributed by atoms with Crippen molar-refractivity contribution in [3.8, 4) is 11.5 Å². The zero-order chi connectivity index (χ0) is 14.2. The Kier molecular flexibility index (Phi) is 3.07. The average Bonchev–Trinajstić information content (AvgIpc) is 3.08. The van der Waals surface area contributed by atoms with E-state index in [1.807, 2.05) is 0 Å². The number of nitrogens with one attached hydrogen (secondary N) is 1. The summed E-state index contributed by atoms with van der Waals surface area (Å²) in [5.74, 6) is 0.807. The van der Waals surface area contributed by atoms with Gasteiger partial charge >= 0.3 is 6.01 Å². The van der Waals surface area contributed by atoms with Gasteiger partial charge in [0.25, 0.3) is 15.9 Å². The van der Waals surface area contributed by atoms with Crippen LogP contribution in [0.3, 0.4) is 0 Å². The molecule has 3 rings (SSSR count). The molecule has 20 heavy (non-hydrogen) atoms. The van der Waals surface area contributed by atoms with Gasteiger partial charge in [-0.1, -0.05) is 11.2 Å². The predicted octanol–water partition coefficient (Wildman–Crippen LogP) is 2.50. The summed E-state index contributed by atoms with van der Waals surface area (Å²) in [7, 11) is -3.69. The van der Waals surface area contributed by atoms with Crippen molar-refractivity contribution in [3.63, 3.8) is 0 Å². The molecule has 0 bridgehead atoms. The van der Waals surface area contributed by atoms with Gasteiger partial charge < -0.3 is 8.83 Å². The second-order valence-electron chi connectivity index (χ2n) is 3.84. The van der Waals surface area contributed by atoms with Crippen LogP contribution in [0.15, 0.2) is 42.9 Å². The van der Waals surface area contributed by atoms with Crippen LogP contribution >= 0.6 is 11.3 Å². The fourth-order valence-corrected chi connectivity index (χ4v) is 3.48. The van der Waals surface area contributed by atoms with Crippen molar-refractivity contribution < 1.29 is 17.3 Å². The van der Waals surface area contributed by atoms with E-state index in [-0.39, 0.29) is 16.1 Å². The maximum absolute atomic E-state index is 12.0. The van der Waals surface area contributed by atoms with Crippen LogP contribution in [0, 0.1) is 6.92 Å². The molecule has 7 nitrogen and oxygen atoms in total. The quantitative estimate of drug-likeness (QED) is 0.795. The highest BCUT2D eigenvalue weighted by Gasteiger charge is 2.20. The molecule has 0 fully saturated rings. The number of hydrogen-bond donors (Lipinski definition) is 1. The van der Waals surface area contributed by atoms with Crippen LogP contribution in [0.2, 0.25) is 0 Å². The molecule has 104 valence electrons. The lowest BCUT2D eigenvalue weighted by molar-refractivity contribution is 0.531. The first-order valence-electron chi connectivity index (χ1n) is 5.50. The lowest BCUT2D eigenvalue weighted by atomic mass is 10.3. The van der Waals surface area contributed by atoms with Gasteiger partial charge in [0.1, 0.15) is 9.97 Å². The minimum atomic E-state index is -3.69. The zero-order valence-corrected chi connectivity index (χ0v) is 11.9. The van der Waals surface area contributed by atoms with E-state index in [0.717, 1.165) is 11.3 Å². The van der Waals surface area contributed by atoms with Crippen molar-refractivity contribution in [3.05, 3.63) is 35.6 Å². The van der Waals surface area contributed by atoms with E-state index in [9.17, 15) is 8.42 Å². The number of aryl methyl sites for hydroxylation is 1. The molecule has 0 saturated heterocycles. The number of aromatic nitrogens is 2. The number of rotatable bonds is 4. The Morgan fingerprint density at radius 2 is 2.15 bits per heavy atom. The van der Waals surface area contributed by atoms with Crippen LogP contribution < -0.4 is 4.72 Å². The van der Waals surface area contributed by atoms with E-state index in [1.165, 1.54) is 12.3 Å². The van der Waals surface area contributed by atoms with Gasteiger partial charge in [0.15, 0.2) is 0 Å². The molecule has 9 heteroatoms. The minimum absolute atomic E-state index is 0.178. The Morgan fingerprint density at radius 1 is 1.30 bits per heavy atom. The third-order valence-electron chi connectivity index (χ3n) is 2.50. The molecule has 0 saturated carbocycles. The third kappa shape index (κ3) is 2.32. The molecule has 0 spiro atoms. The van der Waals surface area contributed by atoms with E-state index in [2.05, 4.69) is 14.9 Å². The first-order valence-corrected chi connectivity index (χ1v) is 7.87. The van der Waals surface area contributed by atoms with Crippen molar-refractivity contribution in [1.29, 1.82) is 0 Å². The molecule has 3 heterocycles. The lowest BCUT2D eigenvalue weighted by Crippen LogP contribution is -2.11. The van der Waals surface area contributed by atoms with Crippen LogP contribution in [0.4, 0.5) is 6.01 Å². The summed E-state index contributed by atoms with van der Waals surface area (Å²) in [6, 6.07) is 4.62. The fraction of sp³-hybridized carbons (Fsp3) is 0.0909. The van der Waals surface area contributed by atoms with Crippen LogP contribution in [0.1, 0.15) is 5.76 Å². The number of nitrogens with zero attached hydrogens (tertiary/aromatic N) is 2. The number of sulfonamides is 1. The number of hydrogen-bond acceptors (Lipinski definition) is 7. The molecule has 0 aliphatic carbocycles. The Hall–Kier alpha value is -2.13. The van der Waals surface area contributed by atoms with Crippen LogP contribution in [0.25, 0.3) is 11.5 Å². The summed E-state index contributed by atoms with van der Waals surface area (Å²) < 4.78 is 36.8. The number of furan rings is 1. The topological polar surface area (TPSA) is 98.2 Å². The van der Waals surface area contributed by atoms with Gasteiger partial charge in [-0.3, -0.25) is 0 Å². The van der Waals surface area contributed by atoms with Crippen molar-refractivity contribution in [2.24, 2.45) is 0 Å². The molecule has 1 N–H and O–H groups in total. The van der Waals surface area contributed by atoms with E-state index in [0.29, 0.717) is 11.3 Å². The third-order valence-corrected chi connectivity index (χ3v) is 5.21. The van der Waals surface area contributed by atoms with Crippen molar-refractivity contribution in [2.45, 2.75) is 11.1 Å². The van der Waals surface area contributed by atoms with Gasteiger partial charge in [0.2, 0.25) is 0 Å². The maximum Gasteiger partial charge on any atom is 0.330 e. The molecular weight excluding hydrogens is 302 g/mol. The Balaban J connectivity index is 1.87. The van der Waals surface area contributed by atoms with Gasteiger partial charge in [-0.15, -0.1) is 16.4 Å². The smallest absolute Gasteiger partial charge is 0.330 e. The van der Waals surface area contributed by atoms with E-state index >= 15 is 0 Å².